The highest BCUT2D eigenvalue weighted by molar-refractivity contribution is 5.79. The molecule has 0 amide bonds. The Morgan fingerprint density at radius 2 is 2.21 bits per heavy atom. The number of carbonyl (C=O) groups excluding carboxylic acids is 1. The van der Waals surface area contributed by atoms with E-state index in [1.54, 1.807) is 0 Å². The zero-order valence-electron chi connectivity index (χ0n) is 9.73. The second-order valence-corrected chi connectivity index (χ2v) is 5.24. The molecule has 0 spiro atoms. The quantitative estimate of drug-likeness (QED) is 0.625. The van der Waals surface area contributed by atoms with Crippen molar-refractivity contribution < 1.29 is 4.79 Å². The number of hydrogen-bond donors (Lipinski definition) is 0. The van der Waals surface area contributed by atoms with Crippen LogP contribution in [0.4, 0.5) is 0 Å². The van der Waals surface area contributed by atoms with Crippen molar-refractivity contribution in [2.75, 3.05) is 0 Å². The first kappa shape index (κ1) is 11.5. The molecule has 14 heavy (non-hydrogen) atoms. The molecule has 1 saturated carbocycles. The Morgan fingerprint density at radius 1 is 1.57 bits per heavy atom. The highest BCUT2D eigenvalue weighted by Crippen LogP contribution is 2.42. The van der Waals surface area contributed by atoms with E-state index in [9.17, 15) is 4.79 Å². The maximum Gasteiger partial charge on any atom is 0.133 e. The monoisotopic (exact) mass is 194 g/mol. The lowest BCUT2D eigenvalue weighted by Crippen LogP contribution is -2.32. The summed E-state index contributed by atoms with van der Waals surface area (Å²) in [4.78, 5) is 11.4. The van der Waals surface area contributed by atoms with Gasteiger partial charge >= 0.3 is 0 Å². The minimum absolute atomic E-state index is 0.325. The van der Waals surface area contributed by atoms with Crippen LogP contribution in [0.1, 0.15) is 52.9 Å². The normalized spacial score (nSPS) is 26.2. The van der Waals surface area contributed by atoms with Crippen LogP contribution < -0.4 is 0 Å². The predicted octanol–water partition coefficient (Wildman–Crippen LogP) is 3.74. The van der Waals surface area contributed by atoms with Crippen LogP contribution in [0.3, 0.4) is 0 Å². The minimum Gasteiger partial charge on any atom is -0.300 e. The summed E-state index contributed by atoms with van der Waals surface area (Å²) in [7, 11) is 0. The zero-order valence-corrected chi connectivity index (χ0v) is 9.73. The summed E-state index contributed by atoms with van der Waals surface area (Å²) in [5.74, 6) is 0.967. The van der Waals surface area contributed by atoms with E-state index in [4.69, 9.17) is 0 Å². The van der Waals surface area contributed by atoms with Crippen LogP contribution in [0.15, 0.2) is 12.2 Å². The van der Waals surface area contributed by atoms with E-state index in [2.05, 4.69) is 27.4 Å². The molecule has 1 unspecified atom stereocenters. The Hall–Kier alpha value is -0.590. The summed E-state index contributed by atoms with van der Waals surface area (Å²) in [6, 6.07) is 0. The Labute approximate surface area is 87.6 Å². The van der Waals surface area contributed by atoms with Gasteiger partial charge in [0, 0.05) is 12.8 Å². The lowest BCUT2D eigenvalue weighted by atomic mass is 9.66. The molecule has 1 nitrogen and oxygen atoms in total. The molecule has 0 aromatic carbocycles. The number of hydrogen-bond acceptors (Lipinski definition) is 1. The highest BCUT2D eigenvalue weighted by atomic mass is 16.1. The fraction of sp³-hybridized carbons (Fsp3) is 0.769. The third-order valence-electron chi connectivity index (χ3n) is 3.66. The van der Waals surface area contributed by atoms with E-state index in [1.165, 1.54) is 5.57 Å². The summed E-state index contributed by atoms with van der Waals surface area (Å²) in [5, 5.41) is 0. The number of Topliss-reactive ketones (excluding diaryl/α,β-unsaturated/α-hetero) is 1. The van der Waals surface area contributed by atoms with Crippen LogP contribution in [0.25, 0.3) is 0 Å². The molecule has 1 rings (SSSR count). The van der Waals surface area contributed by atoms with Gasteiger partial charge in [-0.05, 0) is 30.6 Å². The van der Waals surface area contributed by atoms with E-state index < -0.39 is 0 Å². The zero-order chi connectivity index (χ0) is 10.8. The van der Waals surface area contributed by atoms with Crippen LogP contribution >= 0.6 is 0 Å². The van der Waals surface area contributed by atoms with E-state index in [0.717, 1.165) is 32.1 Å². The summed E-state index contributed by atoms with van der Waals surface area (Å²) in [6.45, 7) is 10.8. The van der Waals surface area contributed by atoms with Gasteiger partial charge < -0.3 is 0 Å². The van der Waals surface area contributed by atoms with E-state index in [0.29, 0.717) is 17.1 Å². The molecule has 1 aliphatic carbocycles. The first-order valence-electron chi connectivity index (χ1n) is 5.64. The van der Waals surface area contributed by atoms with Crippen LogP contribution in [-0.2, 0) is 4.79 Å². The Bertz CT molecular complexity index is 238. The van der Waals surface area contributed by atoms with Crippen molar-refractivity contribution in [1.82, 2.24) is 0 Å². The molecule has 0 radical (unpaired) electrons. The lowest BCUT2D eigenvalue weighted by molar-refractivity contribution is -0.124. The first-order chi connectivity index (χ1) is 6.45. The van der Waals surface area contributed by atoms with Crippen molar-refractivity contribution in [3.8, 4) is 0 Å². The topological polar surface area (TPSA) is 17.1 Å². The van der Waals surface area contributed by atoms with Crippen molar-refractivity contribution in [2.45, 2.75) is 52.9 Å². The maximum atomic E-state index is 11.4. The van der Waals surface area contributed by atoms with Gasteiger partial charge in [0.1, 0.15) is 5.78 Å². The van der Waals surface area contributed by atoms with Crippen molar-refractivity contribution in [1.29, 1.82) is 0 Å². The maximum absolute atomic E-state index is 11.4. The average molecular weight is 194 g/mol. The van der Waals surface area contributed by atoms with Crippen molar-refractivity contribution >= 4 is 5.78 Å². The van der Waals surface area contributed by atoms with Crippen LogP contribution in [0.5, 0.6) is 0 Å². The van der Waals surface area contributed by atoms with Gasteiger partial charge in [0.15, 0.2) is 0 Å². The summed E-state index contributed by atoms with van der Waals surface area (Å²) < 4.78 is 0. The van der Waals surface area contributed by atoms with Gasteiger partial charge in [0.25, 0.3) is 0 Å². The smallest absolute Gasteiger partial charge is 0.133 e. The molecule has 0 aromatic rings. The fourth-order valence-electron chi connectivity index (χ4n) is 2.16. The van der Waals surface area contributed by atoms with Gasteiger partial charge in [-0.3, -0.25) is 4.79 Å². The molecule has 80 valence electrons. The second-order valence-electron chi connectivity index (χ2n) is 5.24. The molecule has 1 aliphatic rings. The van der Waals surface area contributed by atoms with Crippen molar-refractivity contribution in [3.05, 3.63) is 12.2 Å². The van der Waals surface area contributed by atoms with E-state index in [-0.39, 0.29) is 0 Å². The predicted molar refractivity (Wildman–Crippen MR) is 60.2 cm³/mol. The van der Waals surface area contributed by atoms with Gasteiger partial charge in [-0.2, -0.15) is 0 Å². The van der Waals surface area contributed by atoms with E-state index >= 15 is 0 Å². The van der Waals surface area contributed by atoms with Gasteiger partial charge in [-0.1, -0.05) is 32.9 Å². The van der Waals surface area contributed by atoms with Crippen molar-refractivity contribution in [2.24, 2.45) is 11.3 Å². The summed E-state index contributed by atoms with van der Waals surface area (Å²) in [5.41, 5.74) is 1.62. The SMILES string of the molecule is C=C(CC)CC1CC(=O)CCC1(C)C. The van der Waals surface area contributed by atoms with Crippen LogP contribution in [-0.4, -0.2) is 5.78 Å². The molecular weight excluding hydrogens is 172 g/mol. The molecule has 1 heteroatoms. The molecule has 0 N–H and O–H groups in total. The highest BCUT2D eigenvalue weighted by Gasteiger charge is 2.35. The number of ketones is 1. The molecule has 0 aromatic heterocycles. The Kier molecular flexibility index (Phi) is 3.52. The van der Waals surface area contributed by atoms with E-state index in [1.807, 2.05) is 0 Å². The minimum atomic E-state index is 0.325. The van der Waals surface area contributed by atoms with Gasteiger partial charge in [-0.25, -0.2) is 0 Å². The van der Waals surface area contributed by atoms with Gasteiger partial charge in [0.05, 0.1) is 0 Å². The first-order valence-corrected chi connectivity index (χ1v) is 5.64. The largest absolute Gasteiger partial charge is 0.300 e. The van der Waals surface area contributed by atoms with Crippen molar-refractivity contribution in [3.63, 3.8) is 0 Å². The molecule has 0 heterocycles. The number of allylic oxidation sites excluding steroid dienone is 1. The van der Waals surface area contributed by atoms with Gasteiger partial charge in [-0.15, -0.1) is 0 Å². The second kappa shape index (κ2) is 4.29. The lowest BCUT2D eigenvalue weighted by Gasteiger charge is -2.38. The Morgan fingerprint density at radius 3 is 2.79 bits per heavy atom. The number of rotatable bonds is 3. The number of carbonyl (C=O) groups is 1. The summed E-state index contributed by atoms with van der Waals surface area (Å²) >= 11 is 0. The fourth-order valence-corrected chi connectivity index (χ4v) is 2.16. The summed E-state index contributed by atoms with van der Waals surface area (Å²) in [6.07, 6.45) is 4.68. The molecule has 0 aliphatic heterocycles. The molecule has 1 fully saturated rings. The molecule has 1 atom stereocenters. The molecule has 0 saturated heterocycles. The standard InChI is InChI=1S/C13H22O/c1-5-10(2)8-11-9-12(14)6-7-13(11,3)4/h11H,2,5-9H2,1,3-4H3. The van der Waals surface area contributed by atoms with Gasteiger partial charge in [0.2, 0.25) is 0 Å². The van der Waals surface area contributed by atoms with Crippen LogP contribution in [0.2, 0.25) is 0 Å². The average Bonchev–Trinajstić information content (AvgIpc) is 2.12. The molecular formula is C13H22O. The third-order valence-corrected chi connectivity index (χ3v) is 3.66. The van der Waals surface area contributed by atoms with Crippen LogP contribution in [0, 0.1) is 11.3 Å². The third kappa shape index (κ3) is 2.70. The Balaban J connectivity index is 2.63. The molecule has 0 bridgehead atoms.